The number of nitrogens with one attached hydrogen (secondary N) is 2. The molecule has 1 aliphatic rings. The van der Waals surface area contributed by atoms with Crippen LogP contribution in [0.1, 0.15) is 32.5 Å². The number of aryl methyl sites for hydroxylation is 1. The lowest BCUT2D eigenvalue weighted by Gasteiger charge is -2.23. The van der Waals surface area contributed by atoms with E-state index in [0.29, 0.717) is 6.04 Å². The molecule has 2 rings (SSSR count). The van der Waals surface area contributed by atoms with Crippen molar-refractivity contribution in [1.29, 1.82) is 0 Å². The molecule has 1 aromatic rings. The first-order chi connectivity index (χ1) is 9.26. The van der Waals surface area contributed by atoms with E-state index in [-0.39, 0.29) is 0 Å². The molecule has 106 valence electrons. The highest BCUT2D eigenvalue weighted by Crippen LogP contribution is 2.18. The van der Waals surface area contributed by atoms with Crippen LogP contribution in [-0.4, -0.2) is 47.6 Å². The Labute approximate surface area is 115 Å². The van der Waals surface area contributed by atoms with E-state index >= 15 is 0 Å². The number of hydrogen-bond acceptors (Lipinski definition) is 5. The van der Waals surface area contributed by atoms with E-state index in [0.717, 1.165) is 37.0 Å². The zero-order chi connectivity index (χ0) is 13.7. The summed E-state index contributed by atoms with van der Waals surface area (Å²) in [4.78, 5) is 11.5. The predicted octanol–water partition coefficient (Wildman–Crippen LogP) is 1.98. The number of nitrogens with zero attached hydrogens (tertiary/aromatic N) is 3. The second kappa shape index (κ2) is 6.70. The summed E-state index contributed by atoms with van der Waals surface area (Å²) in [5.74, 6) is 2.69. The lowest BCUT2D eigenvalue weighted by Crippen LogP contribution is -2.34. The van der Waals surface area contributed by atoms with Crippen LogP contribution in [0.3, 0.4) is 0 Å². The highest BCUT2D eigenvalue weighted by Gasteiger charge is 2.22. The molecule has 0 amide bonds. The molecular weight excluding hydrogens is 238 g/mol. The normalized spacial score (nSPS) is 19.6. The lowest BCUT2D eigenvalue weighted by molar-refractivity contribution is 0.277. The van der Waals surface area contributed by atoms with Crippen molar-refractivity contribution in [1.82, 2.24) is 14.9 Å². The van der Waals surface area contributed by atoms with Crippen LogP contribution in [-0.2, 0) is 6.42 Å². The van der Waals surface area contributed by atoms with Crippen molar-refractivity contribution < 1.29 is 0 Å². The fourth-order valence-corrected chi connectivity index (χ4v) is 2.64. The zero-order valence-corrected chi connectivity index (χ0v) is 12.2. The highest BCUT2D eigenvalue weighted by atomic mass is 15.2. The summed E-state index contributed by atoms with van der Waals surface area (Å²) in [6, 6.07) is 2.62. The minimum absolute atomic E-state index is 0.642. The van der Waals surface area contributed by atoms with Crippen molar-refractivity contribution in [2.45, 2.75) is 39.2 Å². The van der Waals surface area contributed by atoms with E-state index in [9.17, 15) is 0 Å². The van der Waals surface area contributed by atoms with Gasteiger partial charge >= 0.3 is 0 Å². The summed E-state index contributed by atoms with van der Waals surface area (Å²) in [5, 5.41) is 6.56. The van der Waals surface area contributed by atoms with Gasteiger partial charge in [0.25, 0.3) is 0 Å². The molecule has 0 radical (unpaired) electrons. The van der Waals surface area contributed by atoms with Crippen LogP contribution in [0.15, 0.2) is 6.07 Å². The summed E-state index contributed by atoms with van der Waals surface area (Å²) < 4.78 is 0. The molecule has 19 heavy (non-hydrogen) atoms. The molecule has 1 fully saturated rings. The molecule has 0 aromatic carbocycles. The van der Waals surface area contributed by atoms with E-state index in [2.05, 4.69) is 39.3 Å². The molecular formula is C14H25N5. The van der Waals surface area contributed by atoms with Crippen LogP contribution >= 0.6 is 0 Å². The van der Waals surface area contributed by atoms with Crippen LogP contribution in [0.25, 0.3) is 0 Å². The topological polar surface area (TPSA) is 53.1 Å². The molecule has 2 N–H and O–H groups in total. The average Bonchev–Trinajstić information content (AvgIpc) is 2.92. The van der Waals surface area contributed by atoms with Crippen LogP contribution in [0.2, 0.25) is 0 Å². The van der Waals surface area contributed by atoms with Gasteiger partial charge in [-0.25, -0.2) is 9.97 Å². The Morgan fingerprint density at radius 1 is 1.32 bits per heavy atom. The van der Waals surface area contributed by atoms with Gasteiger partial charge in [0.1, 0.15) is 17.5 Å². The van der Waals surface area contributed by atoms with E-state index in [1.807, 2.05) is 13.1 Å². The third-order valence-electron chi connectivity index (χ3n) is 3.77. The van der Waals surface area contributed by atoms with Gasteiger partial charge in [0.05, 0.1) is 0 Å². The molecule has 1 atom stereocenters. The molecule has 1 saturated heterocycles. The fourth-order valence-electron chi connectivity index (χ4n) is 2.64. The van der Waals surface area contributed by atoms with Crippen molar-refractivity contribution in [3.8, 4) is 0 Å². The van der Waals surface area contributed by atoms with Crippen molar-refractivity contribution in [2.75, 3.05) is 37.3 Å². The molecule has 1 aliphatic heterocycles. The second-order valence-corrected chi connectivity index (χ2v) is 4.96. The molecule has 2 heterocycles. The predicted molar refractivity (Wildman–Crippen MR) is 79.7 cm³/mol. The summed E-state index contributed by atoms with van der Waals surface area (Å²) in [6.45, 7) is 7.65. The van der Waals surface area contributed by atoms with Crippen molar-refractivity contribution in [2.24, 2.45) is 0 Å². The lowest BCUT2D eigenvalue weighted by atomic mass is 10.2. The maximum atomic E-state index is 4.53. The van der Waals surface area contributed by atoms with E-state index in [1.165, 1.54) is 19.4 Å². The number of anilines is 2. The Morgan fingerprint density at radius 2 is 2.11 bits per heavy atom. The monoisotopic (exact) mass is 263 g/mol. The summed E-state index contributed by atoms with van der Waals surface area (Å²) >= 11 is 0. The summed E-state index contributed by atoms with van der Waals surface area (Å²) in [7, 11) is 1.89. The zero-order valence-electron chi connectivity index (χ0n) is 12.2. The average molecular weight is 263 g/mol. The largest absolute Gasteiger partial charge is 0.373 e. The quantitative estimate of drug-likeness (QED) is 0.822. The van der Waals surface area contributed by atoms with Crippen molar-refractivity contribution in [3.63, 3.8) is 0 Å². The summed E-state index contributed by atoms with van der Waals surface area (Å²) in [5.41, 5.74) is 0. The molecule has 0 bridgehead atoms. The second-order valence-electron chi connectivity index (χ2n) is 4.96. The Morgan fingerprint density at radius 3 is 2.79 bits per heavy atom. The van der Waals surface area contributed by atoms with Gasteiger partial charge in [0.15, 0.2) is 0 Å². The first-order valence-corrected chi connectivity index (χ1v) is 7.30. The minimum atomic E-state index is 0.642. The summed E-state index contributed by atoms with van der Waals surface area (Å²) in [6.07, 6.45) is 3.45. The van der Waals surface area contributed by atoms with Crippen LogP contribution in [0.5, 0.6) is 0 Å². The molecule has 1 unspecified atom stereocenters. The van der Waals surface area contributed by atoms with Gasteiger partial charge in [-0.3, -0.25) is 4.90 Å². The maximum absolute atomic E-state index is 4.53. The number of rotatable bonds is 6. The Bertz CT molecular complexity index is 385. The molecule has 1 aromatic heterocycles. The third-order valence-corrected chi connectivity index (χ3v) is 3.77. The maximum Gasteiger partial charge on any atom is 0.132 e. The molecule has 5 nitrogen and oxygen atoms in total. The fraction of sp³-hybridized carbons (Fsp3) is 0.714. The van der Waals surface area contributed by atoms with Gasteiger partial charge in [0.2, 0.25) is 0 Å². The first kappa shape index (κ1) is 14.1. The van der Waals surface area contributed by atoms with Gasteiger partial charge in [0, 0.05) is 32.1 Å². The van der Waals surface area contributed by atoms with Gasteiger partial charge in [-0.15, -0.1) is 0 Å². The Hall–Kier alpha value is -1.36. The van der Waals surface area contributed by atoms with E-state index in [1.54, 1.807) is 0 Å². The smallest absolute Gasteiger partial charge is 0.132 e. The Kier molecular flexibility index (Phi) is 4.96. The van der Waals surface area contributed by atoms with Crippen LogP contribution in [0.4, 0.5) is 11.6 Å². The Balaban J connectivity index is 1.98. The van der Waals surface area contributed by atoms with Gasteiger partial charge in [-0.1, -0.05) is 13.8 Å². The minimum Gasteiger partial charge on any atom is -0.373 e. The van der Waals surface area contributed by atoms with Gasteiger partial charge in [-0.05, 0) is 25.9 Å². The van der Waals surface area contributed by atoms with E-state index in [4.69, 9.17) is 0 Å². The molecule has 5 heteroatoms. The number of aromatic nitrogens is 2. The number of likely N-dealkylation sites (tertiary alicyclic amines) is 1. The SMILES string of the molecule is CCc1nc(NC)cc(NCC2CCCN2CC)n1. The van der Waals surface area contributed by atoms with Crippen molar-refractivity contribution >= 4 is 11.6 Å². The van der Waals surface area contributed by atoms with Crippen LogP contribution < -0.4 is 10.6 Å². The number of likely N-dealkylation sites (N-methyl/N-ethyl adjacent to an activating group) is 1. The first-order valence-electron chi connectivity index (χ1n) is 7.30. The van der Waals surface area contributed by atoms with Gasteiger partial charge in [-0.2, -0.15) is 0 Å². The highest BCUT2D eigenvalue weighted by molar-refractivity contribution is 5.47. The third kappa shape index (κ3) is 3.56. The van der Waals surface area contributed by atoms with Gasteiger partial charge < -0.3 is 10.6 Å². The molecule has 0 saturated carbocycles. The standard InChI is InChI=1S/C14H25N5/c1-4-12-17-13(15-3)9-14(18-12)16-10-11-7-6-8-19(11)5-2/h9,11H,4-8,10H2,1-3H3,(H2,15,16,17,18). The molecule has 0 aliphatic carbocycles. The van der Waals surface area contributed by atoms with Crippen molar-refractivity contribution in [3.05, 3.63) is 11.9 Å². The molecule has 0 spiro atoms. The van der Waals surface area contributed by atoms with Crippen LogP contribution in [0, 0.1) is 0 Å². The van der Waals surface area contributed by atoms with E-state index < -0.39 is 0 Å². The number of hydrogen-bond donors (Lipinski definition) is 2.